The van der Waals surface area contributed by atoms with Gasteiger partial charge in [0.2, 0.25) is 5.91 Å². The SMILES string of the molecule is COc1ccccc1[C@@H]1CC(=O)Nc2c1ccc1ccccc21. The third-order valence-electron chi connectivity index (χ3n) is 4.50. The summed E-state index contributed by atoms with van der Waals surface area (Å²) in [7, 11) is 1.67. The Bertz CT molecular complexity index is 901. The molecular formula is C20H17NO2. The average Bonchev–Trinajstić information content (AvgIpc) is 2.61. The lowest BCUT2D eigenvalue weighted by atomic mass is 9.83. The van der Waals surface area contributed by atoms with Crippen LogP contribution in [0.15, 0.2) is 60.7 Å². The van der Waals surface area contributed by atoms with Gasteiger partial charge in [-0.2, -0.15) is 0 Å². The van der Waals surface area contributed by atoms with Gasteiger partial charge >= 0.3 is 0 Å². The zero-order valence-electron chi connectivity index (χ0n) is 12.9. The van der Waals surface area contributed by atoms with E-state index in [0.717, 1.165) is 33.3 Å². The standard InChI is InChI=1S/C20H17NO2/c1-23-18-9-5-4-8-15(18)17-12-19(22)21-20-14-7-3-2-6-13(14)10-11-16(17)20/h2-11,17H,12H2,1H3,(H,21,22)/t17-/m0/s1. The largest absolute Gasteiger partial charge is 0.496 e. The van der Waals surface area contributed by atoms with Crippen molar-refractivity contribution in [3.05, 3.63) is 71.8 Å². The van der Waals surface area contributed by atoms with Crippen LogP contribution in [0.3, 0.4) is 0 Å². The van der Waals surface area contributed by atoms with E-state index in [0.29, 0.717) is 6.42 Å². The summed E-state index contributed by atoms with van der Waals surface area (Å²) in [5.41, 5.74) is 3.13. The highest BCUT2D eigenvalue weighted by molar-refractivity contribution is 6.06. The number of methoxy groups -OCH3 is 1. The Morgan fingerprint density at radius 2 is 1.74 bits per heavy atom. The molecule has 1 atom stereocenters. The Balaban J connectivity index is 1.95. The fraction of sp³-hybridized carbons (Fsp3) is 0.150. The maximum atomic E-state index is 12.3. The molecule has 4 rings (SSSR count). The molecule has 0 spiro atoms. The minimum atomic E-state index is 0.0134. The Labute approximate surface area is 134 Å². The highest BCUT2D eigenvalue weighted by atomic mass is 16.5. The number of nitrogens with one attached hydrogen (secondary N) is 1. The van der Waals surface area contributed by atoms with E-state index < -0.39 is 0 Å². The van der Waals surface area contributed by atoms with Gasteiger partial charge in [-0.05, 0) is 17.0 Å². The molecule has 114 valence electrons. The van der Waals surface area contributed by atoms with Crippen molar-refractivity contribution in [3.8, 4) is 5.75 Å². The Hall–Kier alpha value is -2.81. The minimum Gasteiger partial charge on any atom is -0.496 e. The third kappa shape index (κ3) is 2.25. The number of benzene rings is 3. The van der Waals surface area contributed by atoms with E-state index in [-0.39, 0.29) is 11.8 Å². The van der Waals surface area contributed by atoms with Crippen LogP contribution in [0.4, 0.5) is 5.69 Å². The van der Waals surface area contributed by atoms with E-state index in [1.54, 1.807) is 7.11 Å². The monoisotopic (exact) mass is 303 g/mol. The summed E-state index contributed by atoms with van der Waals surface area (Å²) in [6.07, 6.45) is 0.436. The molecule has 1 amide bonds. The number of amides is 1. The number of anilines is 1. The molecule has 0 radical (unpaired) electrons. The van der Waals surface area contributed by atoms with E-state index >= 15 is 0 Å². The van der Waals surface area contributed by atoms with Gasteiger partial charge in [0.1, 0.15) is 5.75 Å². The maximum absolute atomic E-state index is 12.3. The van der Waals surface area contributed by atoms with Crippen LogP contribution in [0, 0.1) is 0 Å². The zero-order chi connectivity index (χ0) is 15.8. The van der Waals surface area contributed by atoms with Gasteiger partial charge in [0.15, 0.2) is 0 Å². The van der Waals surface area contributed by atoms with Gasteiger partial charge in [-0.15, -0.1) is 0 Å². The van der Waals surface area contributed by atoms with Crippen molar-refractivity contribution >= 4 is 22.4 Å². The molecule has 3 nitrogen and oxygen atoms in total. The first kappa shape index (κ1) is 13.8. The van der Waals surface area contributed by atoms with Crippen molar-refractivity contribution in [3.63, 3.8) is 0 Å². The van der Waals surface area contributed by atoms with Gasteiger partial charge in [-0.3, -0.25) is 4.79 Å². The average molecular weight is 303 g/mol. The third-order valence-corrected chi connectivity index (χ3v) is 4.50. The molecule has 1 aliphatic heterocycles. The summed E-state index contributed by atoms with van der Waals surface area (Å²) >= 11 is 0. The van der Waals surface area contributed by atoms with Gasteiger partial charge in [0.25, 0.3) is 0 Å². The fourth-order valence-corrected chi connectivity index (χ4v) is 3.44. The van der Waals surface area contributed by atoms with Gasteiger partial charge in [-0.25, -0.2) is 0 Å². The van der Waals surface area contributed by atoms with Crippen molar-refractivity contribution in [1.82, 2.24) is 0 Å². The van der Waals surface area contributed by atoms with Crippen LogP contribution in [0.25, 0.3) is 10.8 Å². The second-order valence-corrected chi connectivity index (χ2v) is 5.80. The van der Waals surface area contributed by atoms with E-state index in [2.05, 4.69) is 29.6 Å². The number of hydrogen-bond acceptors (Lipinski definition) is 2. The van der Waals surface area contributed by atoms with Crippen LogP contribution in [0.5, 0.6) is 5.75 Å². The van der Waals surface area contributed by atoms with E-state index in [9.17, 15) is 4.79 Å². The molecule has 0 aromatic heterocycles. The minimum absolute atomic E-state index is 0.0134. The predicted molar refractivity (Wildman–Crippen MR) is 92.0 cm³/mol. The number of hydrogen-bond donors (Lipinski definition) is 1. The molecule has 23 heavy (non-hydrogen) atoms. The van der Waals surface area contributed by atoms with Crippen LogP contribution in [0.2, 0.25) is 0 Å². The fourth-order valence-electron chi connectivity index (χ4n) is 3.44. The molecule has 0 saturated heterocycles. The molecule has 0 saturated carbocycles. The molecule has 0 unspecified atom stereocenters. The molecule has 1 heterocycles. The lowest BCUT2D eigenvalue weighted by Crippen LogP contribution is -2.24. The van der Waals surface area contributed by atoms with Crippen LogP contribution >= 0.6 is 0 Å². The second-order valence-electron chi connectivity index (χ2n) is 5.80. The summed E-state index contributed by atoms with van der Waals surface area (Å²) in [5.74, 6) is 0.885. The lowest BCUT2D eigenvalue weighted by Gasteiger charge is -2.28. The van der Waals surface area contributed by atoms with Gasteiger partial charge < -0.3 is 10.1 Å². The number of carbonyl (C=O) groups is 1. The predicted octanol–water partition coefficient (Wildman–Crippen LogP) is 4.32. The molecule has 0 bridgehead atoms. The van der Waals surface area contributed by atoms with Crippen molar-refractivity contribution in [2.45, 2.75) is 12.3 Å². The molecular weight excluding hydrogens is 286 g/mol. The van der Waals surface area contributed by atoms with E-state index in [1.165, 1.54) is 0 Å². The maximum Gasteiger partial charge on any atom is 0.225 e. The molecule has 1 aliphatic rings. The summed E-state index contributed by atoms with van der Waals surface area (Å²) in [5, 5.41) is 5.27. The topological polar surface area (TPSA) is 38.3 Å². The number of rotatable bonds is 2. The van der Waals surface area contributed by atoms with Crippen molar-refractivity contribution in [2.24, 2.45) is 0 Å². The Morgan fingerprint density at radius 3 is 2.61 bits per heavy atom. The van der Waals surface area contributed by atoms with E-state index in [1.807, 2.05) is 36.4 Å². The van der Waals surface area contributed by atoms with E-state index in [4.69, 9.17) is 4.74 Å². The zero-order valence-corrected chi connectivity index (χ0v) is 12.9. The first-order chi connectivity index (χ1) is 11.3. The second kappa shape index (κ2) is 5.43. The molecule has 1 N–H and O–H groups in total. The number of fused-ring (bicyclic) bond motifs is 3. The first-order valence-electron chi connectivity index (χ1n) is 7.72. The van der Waals surface area contributed by atoms with Crippen LogP contribution in [0.1, 0.15) is 23.5 Å². The summed E-state index contributed by atoms with van der Waals surface area (Å²) in [4.78, 5) is 12.3. The van der Waals surface area contributed by atoms with Crippen LogP contribution in [-0.2, 0) is 4.79 Å². The number of ether oxygens (including phenoxy) is 1. The highest BCUT2D eigenvalue weighted by Gasteiger charge is 2.29. The molecule has 3 heteroatoms. The van der Waals surface area contributed by atoms with Gasteiger partial charge in [0, 0.05) is 23.3 Å². The molecule has 3 aromatic rings. The molecule has 0 fully saturated rings. The van der Waals surface area contributed by atoms with Crippen molar-refractivity contribution in [1.29, 1.82) is 0 Å². The quantitative estimate of drug-likeness (QED) is 0.765. The summed E-state index contributed by atoms with van der Waals surface area (Å²) < 4.78 is 5.50. The highest BCUT2D eigenvalue weighted by Crippen LogP contribution is 2.43. The smallest absolute Gasteiger partial charge is 0.225 e. The Morgan fingerprint density at radius 1 is 0.957 bits per heavy atom. The normalized spacial score (nSPS) is 16.7. The number of para-hydroxylation sites is 1. The Kier molecular flexibility index (Phi) is 3.27. The van der Waals surface area contributed by atoms with Crippen LogP contribution in [-0.4, -0.2) is 13.0 Å². The summed E-state index contributed by atoms with van der Waals surface area (Å²) in [6.45, 7) is 0. The van der Waals surface area contributed by atoms with Crippen LogP contribution < -0.4 is 10.1 Å². The number of carbonyl (C=O) groups excluding carboxylic acids is 1. The lowest BCUT2D eigenvalue weighted by molar-refractivity contribution is -0.116. The molecule has 3 aromatic carbocycles. The molecule has 0 aliphatic carbocycles. The van der Waals surface area contributed by atoms with Gasteiger partial charge in [0.05, 0.1) is 12.8 Å². The summed E-state index contributed by atoms with van der Waals surface area (Å²) in [6, 6.07) is 20.3. The van der Waals surface area contributed by atoms with Gasteiger partial charge in [-0.1, -0.05) is 54.6 Å². The van der Waals surface area contributed by atoms with Crippen molar-refractivity contribution in [2.75, 3.05) is 12.4 Å². The van der Waals surface area contributed by atoms with Crippen molar-refractivity contribution < 1.29 is 9.53 Å². The first-order valence-corrected chi connectivity index (χ1v) is 7.72.